The first-order chi connectivity index (χ1) is 16.0. The molecule has 1 N–H and O–H groups in total. The summed E-state index contributed by atoms with van der Waals surface area (Å²) in [6.45, 7) is 4.51. The Morgan fingerprint density at radius 1 is 1.03 bits per heavy atom. The Morgan fingerprint density at radius 2 is 1.73 bits per heavy atom. The van der Waals surface area contributed by atoms with Gasteiger partial charge in [0.15, 0.2) is 0 Å². The third-order valence-electron chi connectivity index (χ3n) is 6.63. The Labute approximate surface area is 198 Å². The minimum Gasteiger partial charge on any atom is -0.497 e. The van der Waals surface area contributed by atoms with Crippen LogP contribution in [-0.2, 0) is 29.0 Å². The van der Waals surface area contributed by atoms with Crippen molar-refractivity contribution in [1.82, 2.24) is 10.2 Å². The first kappa shape index (κ1) is 24.8. The van der Waals surface area contributed by atoms with Crippen molar-refractivity contribution in [1.29, 1.82) is 0 Å². The number of hydrogen-bond acceptors (Lipinski definition) is 3. The molecule has 1 unspecified atom stereocenters. The minimum atomic E-state index is -0.480. The van der Waals surface area contributed by atoms with Crippen LogP contribution in [0.4, 0.5) is 0 Å². The molecule has 1 saturated carbocycles. The van der Waals surface area contributed by atoms with E-state index in [9.17, 15) is 9.59 Å². The van der Waals surface area contributed by atoms with Gasteiger partial charge >= 0.3 is 0 Å². The van der Waals surface area contributed by atoms with Crippen molar-refractivity contribution >= 4 is 11.8 Å². The summed E-state index contributed by atoms with van der Waals surface area (Å²) in [6.07, 6.45) is 7.00. The SMILES string of the molecule is CCc1ccc(CCC(=O)N(Cc2cccc(OC)c2)C(CC)C(=O)NC2CCCC2)cc1. The molecule has 2 amide bonds. The standard InChI is InChI=1S/C28H38N2O3/c1-4-21-13-15-22(16-14-21)17-18-27(31)30(20-23-9-8-12-25(19-23)33-3)26(5-2)28(32)29-24-10-6-7-11-24/h8-9,12-16,19,24,26H,4-7,10-11,17-18,20H2,1-3H3,(H,29,32). The van der Waals surface area contributed by atoms with Gasteiger partial charge in [-0.25, -0.2) is 0 Å². The minimum absolute atomic E-state index is 0.00538. The molecule has 178 valence electrons. The van der Waals surface area contributed by atoms with Crippen molar-refractivity contribution in [2.24, 2.45) is 0 Å². The summed E-state index contributed by atoms with van der Waals surface area (Å²) < 4.78 is 5.36. The molecule has 1 atom stereocenters. The molecule has 5 nitrogen and oxygen atoms in total. The fraction of sp³-hybridized carbons (Fsp3) is 0.500. The Morgan fingerprint density at radius 3 is 2.36 bits per heavy atom. The van der Waals surface area contributed by atoms with Crippen molar-refractivity contribution in [2.75, 3.05) is 7.11 Å². The summed E-state index contributed by atoms with van der Waals surface area (Å²) in [4.78, 5) is 28.4. The Balaban J connectivity index is 1.75. The van der Waals surface area contributed by atoms with Crippen LogP contribution in [0.5, 0.6) is 5.75 Å². The van der Waals surface area contributed by atoms with E-state index in [1.165, 1.54) is 5.56 Å². The van der Waals surface area contributed by atoms with Crippen molar-refractivity contribution in [3.8, 4) is 5.75 Å². The van der Waals surface area contributed by atoms with E-state index in [4.69, 9.17) is 4.74 Å². The maximum atomic E-state index is 13.5. The number of hydrogen-bond donors (Lipinski definition) is 1. The lowest BCUT2D eigenvalue weighted by molar-refractivity contribution is -0.141. The van der Waals surface area contributed by atoms with Crippen LogP contribution >= 0.6 is 0 Å². The second kappa shape index (κ2) is 12.4. The van der Waals surface area contributed by atoms with Gasteiger partial charge in [-0.2, -0.15) is 0 Å². The van der Waals surface area contributed by atoms with E-state index in [1.54, 1.807) is 12.0 Å². The van der Waals surface area contributed by atoms with Crippen LogP contribution in [0.2, 0.25) is 0 Å². The fourth-order valence-electron chi connectivity index (χ4n) is 4.59. The first-order valence-electron chi connectivity index (χ1n) is 12.3. The van der Waals surface area contributed by atoms with Gasteiger partial charge in [0.2, 0.25) is 11.8 Å². The molecule has 0 aliphatic heterocycles. The highest BCUT2D eigenvalue weighted by Crippen LogP contribution is 2.21. The van der Waals surface area contributed by atoms with Gasteiger partial charge in [0, 0.05) is 19.0 Å². The summed E-state index contributed by atoms with van der Waals surface area (Å²) in [7, 11) is 1.63. The Kier molecular flexibility index (Phi) is 9.35. The molecule has 3 rings (SSSR count). The van der Waals surface area contributed by atoms with Gasteiger partial charge in [-0.1, -0.05) is 63.1 Å². The first-order valence-corrected chi connectivity index (χ1v) is 12.3. The van der Waals surface area contributed by atoms with Gasteiger partial charge in [-0.15, -0.1) is 0 Å². The number of carbonyl (C=O) groups excluding carboxylic acids is 2. The molecule has 1 aliphatic carbocycles. The predicted octanol–water partition coefficient (Wildman–Crippen LogP) is 5.06. The summed E-state index contributed by atoms with van der Waals surface area (Å²) in [5.74, 6) is 0.720. The highest BCUT2D eigenvalue weighted by Gasteiger charge is 2.30. The van der Waals surface area contributed by atoms with Crippen LogP contribution in [0, 0.1) is 0 Å². The van der Waals surface area contributed by atoms with E-state index in [-0.39, 0.29) is 17.9 Å². The quantitative estimate of drug-likeness (QED) is 0.521. The third kappa shape index (κ3) is 7.08. The molecule has 33 heavy (non-hydrogen) atoms. The van der Waals surface area contributed by atoms with Crippen LogP contribution in [0.1, 0.15) is 69.1 Å². The zero-order valence-electron chi connectivity index (χ0n) is 20.3. The molecule has 0 bridgehead atoms. The maximum Gasteiger partial charge on any atom is 0.243 e. The van der Waals surface area contributed by atoms with E-state index in [0.29, 0.717) is 25.8 Å². The predicted molar refractivity (Wildman–Crippen MR) is 132 cm³/mol. The van der Waals surface area contributed by atoms with Gasteiger partial charge in [0.05, 0.1) is 7.11 Å². The molecule has 2 aromatic carbocycles. The van der Waals surface area contributed by atoms with Crippen LogP contribution in [0.15, 0.2) is 48.5 Å². The van der Waals surface area contributed by atoms with Crippen molar-refractivity contribution in [3.63, 3.8) is 0 Å². The third-order valence-corrected chi connectivity index (χ3v) is 6.63. The second-order valence-corrected chi connectivity index (χ2v) is 8.96. The van der Waals surface area contributed by atoms with Gasteiger partial charge in [-0.05, 0) is 60.9 Å². The molecule has 0 spiro atoms. The number of carbonyl (C=O) groups is 2. The second-order valence-electron chi connectivity index (χ2n) is 8.96. The molecule has 0 aromatic heterocycles. The summed E-state index contributed by atoms with van der Waals surface area (Å²) in [5.41, 5.74) is 3.40. The van der Waals surface area contributed by atoms with Crippen LogP contribution in [-0.4, -0.2) is 35.9 Å². The lowest BCUT2D eigenvalue weighted by Gasteiger charge is -2.31. The summed E-state index contributed by atoms with van der Waals surface area (Å²) >= 11 is 0. The largest absolute Gasteiger partial charge is 0.497 e. The monoisotopic (exact) mass is 450 g/mol. The molecule has 1 fully saturated rings. The van der Waals surface area contributed by atoms with Gasteiger partial charge in [0.1, 0.15) is 11.8 Å². The number of ether oxygens (including phenoxy) is 1. The van der Waals surface area contributed by atoms with Gasteiger partial charge in [0.25, 0.3) is 0 Å². The lowest BCUT2D eigenvalue weighted by atomic mass is 10.0. The average molecular weight is 451 g/mol. The molecule has 0 saturated heterocycles. The topological polar surface area (TPSA) is 58.6 Å². The fourth-order valence-corrected chi connectivity index (χ4v) is 4.59. The highest BCUT2D eigenvalue weighted by molar-refractivity contribution is 5.88. The van der Waals surface area contributed by atoms with Crippen molar-refractivity contribution < 1.29 is 14.3 Å². The van der Waals surface area contributed by atoms with E-state index in [2.05, 4.69) is 36.5 Å². The lowest BCUT2D eigenvalue weighted by Crippen LogP contribution is -2.51. The number of nitrogens with zero attached hydrogens (tertiary/aromatic N) is 1. The van der Waals surface area contributed by atoms with E-state index in [1.807, 2.05) is 31.2 Å². The number of methoxy groups -OCH3 is 1. The van der Waals surface area contributed by atoms with Crippen LogP contribution < -0.4 is 10.1 Å². The summed E-state index contributed by atoms with van der Waals surface area (Å²) in [5, 5.41) is 3.20. The number of aryl methyl sites for hydroxylation is 2. The van der Waals surface area contributed by atoms with E-state index in [0.717, 1.165) is 49.0 Å². The molecular weight excluding hydrogens is 412 g/mol. The normalized spacial score (nSPS) is 14.6. The maximum absolute atomic E-state index is 13.5. The molecule has 1 aliphatic rings. The molecule has 2 aromatic rings. The number of nitrogens with one attached hydrogen (secondary N) is 1. The zero-order valence-corrected chi connectivity index (χ0v) is 20.3. The number of amides is 2. The van der Waals surface area contributed by atoms with Gasteiger partial charge in [-0.3, -0.25) is 9.59 Å². The zero-order chi connectivity index (χ0) is 23.6. The van der Waals surface area contributed by atoms with Crippen molar-refractivity contribution in [3.05, 3.63) is 65.2 Å². The van der Waals surface area contributed by atoms with Gasteiger partial charge < -0.3 is 15.0 Å². The number of benzene rings is 2. The Bertz CT molecular complexity index is 904. The Hall–Kier alpha value is -2.82. The average Bonchev–Trinajstić information content (AvgIpc) is 3.35. The molecule has 5 heteroatoms. The van der Waals surface area contributed by atoms with E-state index < -0.39 is 6.04 Å². The number of rotatable bonds is 11. The van der Waals surface area contributed by atoms with E-state index >= 15 is 0 Å². The van der Waals surface area contributed by atoms with Crippen LogP contribution in [0.3, 0.4) is 0 Å². The highest BCUT2D eigenvalue weighted by atomic mass is 16.5. The van der Waals surface area contributed by atoms with Crippen molar-refractivity contribution in [2.45, 2.75) is 83.8 Å². The smallest absolute Gasteiger partial charge is 0.243 e. The molecule has 0 heterocycles. The van der Waals surface area contributed by atoms with Crippen LogP contribution in [0.25, 0.3) is 0 Å². The molecule has 0 radical (unpaired) electrons. The summed E-state index contributed by atoms with van der Waals surface area (Å²) in [6, 6.07) is 15.9. The molecular formula is C28H38N2O3.